The molecule has 0 aliphatic rings. The van der Waals surface area contributed by atoms with Crippen molar-refractivity contribution in [2.75, 3.05) is 0 Å². The molecule has 1 aromatic rings. The first-order valence-corrected chi connectivity index (χ1v) is 6.34. The van der Waals surface area contributed by atoms with Crippen LogP contribution < -0.4 is 0 Å². The molecule has 0 unspecified atom stereocenters. The Morgan fingerprint density at radius 1 is 1.07 bits per heavy atom. The van der Waals surface area contributed by atoms with Crippen LogP contribution >= 0.6 is 0 Å². The number of benzene rings is 1. The van der Waals surface area contributed by atoms with Gasteiger partial charge in [-0.2, -0.15) is 0 Å². The smallest absolute Gasteiger partial charge is 0.0146 e. The summed E-state index contributed by atoms with van der Waals surface area (Å²) in [5.41, 5.74) is 4.58. The Morgan fingerprint density at radius 2 is 1.87 bits per heavy atom. The van der Waals surface area contributed by atoms with E-state index in [2.05, 4.69) is 39.0 Å². The van der Waals surface area contributed by atoms with Gasteiger partial charge in [0.15, 0.2) is 0 Å². The second kappa shape index (κ2) is 6.66. The van der Waals surface area contributed by atoms with Crippen molar-refractivity contribution in [3.63, 3.8) is 0 Å². The molecule has 0 amide bonds. The average molecular weight is 203 g/mol. The number of hydrogen-bond acceptors (Lipinski definition) is 0. The summed E-state index contributed by atoms with van der Waals surface area (Å²) >= 11 is 0. The summed E-state index contributed by atoms with van der Waals surface area (Å²) in [6, 6.07) is 7.77. The number of rotatable bonds is 6. The van der Waals surface area contributed by atoms with Crippen LogP contribution in [-0.4, -0.2) is 0 Å². The Kier molecular flexibility index (Phi) is 5.45. The van der Waals surface area contributed by atoms with Crippen molar-refractivity contribution < 1.29 is 0 Å². The van der Waals surface area contributed by atoms with Crippen LogP contribution in [0.2, 0.25) is 0 Å². The maximum absolute atomic E-state index is 3.43. The van der Waals surface area contributed by atoms with Crippen LogP contribution in [0.15, 0.2) is 12.1 Å². The molecule has 0 N–H and O–H groups in total. The molecule has 0 atom stereocenters. The van der Waals surface area contributed by atoms with Gasteiger partial charge in [-0.15, -0.1) is 0 Å². The maximum atomic E-state index is 3.43. The first-order valence-electron chi connectivity index (χ1n) is 6.34. The molecule has 0 heterocycles. The molecule has 0 nitrogen and oxygen atoms in total. The van der Waals surface area contributed by atoms with Crippen LogP contribution in [0.1, 0.15) is 56.7 Å². The highest BCUT2D eigenvalue weighted by molar-refractivity contribution is 5.34. The minimum atomic E-state index is 1.16. The summed E-state index contributed by atoms with van der Waals surface area (Å²) < 4.78 is 0. The monoisotopic (exact) mass is 203 g/mol. The quantitative estimate of drug-likeness (QED) is 0.645. The first-order chi connectivity index (χ1) is 7.33. The summed E-state index contributed by atoms with van der Waals surface area (Å²) in [5, 5.41) is 0. The van der Waals surface area contributed by atoms with Gasteiger partial charge in [-0.1, -0.05) is 45.7 Å². The molecule has 83 valence electrons. The van der Waals surface area contributed by atoms with E-state index >= 15 is 0 Å². The fourth-order valence-corrected chi connectivity index (χ4v) is 2.09. The molecule has 0 saturated heterocycles. The molecule has 1 radical (unpaired) electrons. The summed E-state index contributed by atoms with van der Waals surface area (Å²) in [6.45, 7) is 6.76. The Bertz CT molecular complexity index is 286. The molecule has 1 rings (SSSR count). The molecule has 0 saturated carbocycles. The van der Waals surface area contributed by atoms with E-state index in [1.807, 2.05) is 0 Å². The van der Waals surface area contributed by atoms with Gasteiger partial charge < -0.3 is 0 Å². The van der Waals surface area contributed by atoms with Crippen molar-refractivity contribution in [2.24, 2.45) is 0 Å². The second-order valence-corrected chi connectivity index (χ2v) is 4.17. The van der Waals surface area contributed by atoms with E-state index in [1.54, 1.807) is 5.56 Å². The van der Waals surface area contributed by atoms with E-state index in [9.17, 15) is 0 Å². The fourth-order valence-electron chi connectivity index (χ4n) is 2.09. The van der Waals surface area contributed by atoms with E-state index in [0.29, 0.717) is 0 Å². The van der Waals surface area contributed by atoms with Crippen LogP contribution in [0.3, 0.4) is 0 Å². The van der Waals surface area contributed by atoms with E-state index in [4.69, 9.17) is 0 Å². The van der Waals surface area contributed by atoms with Gasteiger partial charge in [0.25, 0.3) is 0 Å². The van der Waals surface area contributed by atoms with Gasteiger partial charge in [-0.05, 0) is 48.4 Å². The Balaban J connectivity index is 2.90. The van der Waals surface area contributed by atoms with Crippen LogP contribution in [0, 0.1) is 6.07 Å². The average Bonchev–Trinajstić information content (AvgIpc) is 2.28. The fraction of sp³-hybridized carbons (Fsp3) is 0.600. The van der Waals surface area contributed by atoms with Crippen LogP contribution in [0.4, 0.5) is 0 Å². The number of hydrogen-bond donors (Lipinski definition) is 0. The minimum Gasteiger partial charge on any atom is -0.0654 e. The second-order valence-electron chi connectivity index (χ2n) is 4.17. The molecule has 0 fully saturated rings. The third-order valence-electron chi connectivity index (χ3n) is 2.96. The van der Waals surface area contributed by atoms with Gasteiger partial charge in [0, 0.05) is 0 Å². The molecule has 0 bridgehead atoms. The third-order valence-corrected chi connectivity index (χ3v) is 2.96. The van der Waals surface area contributed by atoms with Crippen LogP contribution in [0.5, 0.6) is 0 Å². The molecule has 1 aromatic carbocycles. The zero-order chi connectivity index (χ0) is 11.1. The van der Waals surface area contributed by atoms with E-state index in [0.717, 1.165) is 6.42 Å². The standard InChI is InChI=1S/C15H23/c1-4-7-10-14-12-8-11-13(6-3)15(14)9-5-2/h8,11H,4-7,9-10H2,1-3H3. The van der Waals surface area contributed by atoms with E-state index in [-0.39, 0.29) is 0 Å². The first kappa shape index (κ1) is 12.3. The van der Waals surface area contributed by atoms with Crippen molar-refractivity contribution in [2.45, 2.75) is 59.3 Å². The third kappa shape index (κ3) is 3.37. The van der Waals surface area contributed by atoms with Crippen molar-refractivity contribution in [3.8, 4) is 0 Å². The highest BCUT2D eigenvalue weighted by Crippen LogP contribution is 2.19. The molecule has 15 heavy (non-hydrogen) atoms. The predicted molar refractivity (Wildman–Crippen MR) is 67.3 cm³/mol. The maximum Gasteiger partial charge on any atom is -0.0146 e. The lowest BCUT2D eigenvalue weighted by Gasteiger charge is -2.12. The lowest BCUT2D eigenvalue weighted by molar-refractivity contribution is 0.775. The van der Waals surface area contributed by atoms with Crippen molar-refractivity contribution in [1.82, 2.24) is 0 Å². The van der Waals surface area contributed by atoms with E-state index in [1.165, 1.54) is 43.2 Å². The van der Waals surface area contributed by atoms with E-state index < -0.39 is 0 Å². The lowest BCUT2D eigenvalue weighted by Crippen LogP contribution is -1.99. The Labute approximate surface area is 94.7 Å². The summed E-state index contributed by atoms with van der Waals surface area (Å²) in [5.74, 6) is 0. The van der Waals surface area contributed by atoms with Gasteiger partial charge >= 0.3 is 0 Å². The van der Waals surface area contributed by atoms with Gasteiger partial charge in [0.2, 0.25) is 0 Å². The molecule has 0 spiro atoms. The van der Waals surface area contributed by atoms with Crippen molar-refractivity contribution >= 4 is 0 Å². The molecule has 0 aromatic heterocycles. The molecular formula is C15H23. The number of unbranched alkanes of at least 4 members (excludes halogenated alkanes) is 1. The minimum absolute atomic E-state index is 1.16. The lowest BCUT2D eigenvalue weighted by atomic mass is 9.93. The largest absolute Gasteiger partial charge is 0.0654 e. The zero-order valence-electron chi connectivity index (χ0n) is 10.4. The zero-order valence-corrected chi connectivity index (χ0v) is 10.4. The highest BCUT2D eigenvalue weighted by atomic mass is 14.1. The predicted octanol–water partition coefficient (Wildman–Crippen LogP) is 4.34. The summed E-state index contributed by atoms with van der Waals surface area (Å²) in [6.07, 6.45) is 7.39. The molecule has 0 heteroatoms. The summed E-state index contributed by atoms with van der Waals surface area (Å²) in [4.78, 5) is 0. The Morgan fingerprint density at radius 3 is 2.47 bits per heavy atom. The molecule has 0 aliphatic carbocycles. The van der Waals surface area contributed by atoms with Crippen LogP contribution in [-0.2, 0) is 19.3 Å². The van der Waals surface area contributed by atoms with Gasteiger partial charge in [0.1, 0.15) is 0 Å². The van der Waals surface area contributed by atoms with Crippen LogP contribution in [0.25, 0.3) is 0 Å². The number of aryl methyl sites for hydroxylation is 2. The SMILES string of the molecule is CCCCc1[c]ccc(CC)c1CCC. The molecule has 0 aliphatic heterocycles. The van der Waals surface area contributed by atoms with Gasteiger partial charge in [0.05, 0.1) is 0 Å². The van der Waals surface area contributed by atoms with Gasteiger partial charge in [-0.3, -0.25) is 0 Å². The summed E-state index contributed by atoms with van der Waals surface area (Å²) in [7, 11) is 0. The van der Waals surface area contributed by atoms with Gasteiger partial charge in [-0.25, -0.2) is 0 Å². The highest BCUT2D eigenvalue weighted by Gasteiger charge is 2.05. The molecular weight excluding hydrogens is 180 g/mol. The Hall–Kier alpha value is -0.780. The normalized spacial score (nSPS) is 10.6. The topological polar surface area (TPSA) is 0 Å². The van der Waals surface area contributed by atoms with Crippen molar-refractivity contribution in [3.05, 3.63) is 34.9 Å². The van der Waals surface area contributed by atoms with Crippen molar-refractivity contribution in [1.29, 1.82) is 0 Å².